The average Bonchev–Trinajstić information content (AvgIpc) is 3.36. The summed E-state index contributed by atoms with van der Waals surface area (Å²) in [6.07, 6.45) is 0. The summed E-state index contributed by atoms with van der Waals surface area (Å²) in [5.74, 6) is -1.82. The van der Waals surface area contributed by atoms with E-state index < -0.39 is 17.7 Å². The standard InChI is InChI=1S/C25H17Br2N5O2S2/c26-16-6-10-18(11-7-16)31-22(33)20(23(34)32(25(31)35)19-12-8-17(27)9-13-19)14-28-24-30-29-21(36-24)15-4-2-1-3-5-15/h1-13,20H,14H2,(H,28,30). The van der Waals surface area contributed by atoms with E-state index in [1.54, 1.807) is 24.3 Å². The second-order valence-electron chi connectivity index (χ2n) is 7.79. The minimum atomic E-state index is -1.02. The fourth-order valence-electron chi connectivity index (χ4n) is 3.72. The third kappa shape index (κ3) is 4.96. The van der Waals surface area contributed by atoms with Crippen LogP contribution in [0.1, 0.15) is 0 Å². The van der Waals surface area contributed by atoms with Crippen LogP contribution in [-0.2, 0) is 9.59 Å². The first-order chi connectivity index (χ1) is 17.4. The number of carbonyl (C=O) groups is 2. The number of thiocarbonyl (C=S) groups is 1. The number of hydrogen-bond acceptors (Lipinski definition) is 7. The lowest BCUT2D eigenvalue weighted by atomic mass is 10.0. The maximum atomic E-state index is 13.6. The van der Waals surface area contributed by atoms with E-state index in [2.05, 4.69) is 47.4 Å². The number of nitrogens with one attached hydrogen (secondary N) is 1. The molecule has 0 unspecified atom stereocenters. The van der Waals surface area contributed by atoms with Crippen molar-refractivity contribution in [2.24, 2.45) is 5.92 Å². The van der Waals surface area contributed by atoms with E-state index in [1.807, 2.05) is 54.6 Å². The van der Waals surface area contributed by atoms with Crippen LogP contribution in [0.2, 0.25) is 0 Å². The van der Waals surface area contributed by atoms with Gasteiger partial charge in [-0.2, -0.15) is 0 Å². The molecule has 0 aliphatic carbocycles. The van der Waals surface area contributed by atoms with Gasteiger partial charge in [0, 0.05) is 21.1 Å². The Morgan fingerprint density at radius 1 is 0.806 bits per heavy atom. The van der Waals surface area contributed by atoms with Gasteiger partial charge in [-0.05, 0) is 60.7 Å². The average molecular weight is 643 g/mol. The van der Waals surface area contributed by atoms with E-state index in [9.17, 15) is 9.59 Å². The Labute approximate surface area is 233 Å². The number of halogens is 2. The van der Waals surface area contributed by atoms with Gasteiger partial charge in [0.1, 0.15) is 10.9 Å². The molecule has 7 nitrogen and oxygen atoms in total. The molecule has 5 rings (SSSR count). The van der Waals surface area contributed by atoms with Crippen molar-refractivity contribution in [3.8, 4) is 10.6 Å². The van der Waals surface area contributed by atoms with Crippen LogP contribution in [0.25, 0.3) is 10.6 Å². The molecule has 2 heterocycles. The molecule has 180 valence electrons. The van der Waals surface area contributed by atoms with Crippen molar-refractivity contribution >= 4 is 88.8 Å². The van der Waals surface area contributed by atoms with Crippen molar-refractivity contribution in [2.75, 3.05) is 21.7 Å². The van der Waals surface area contributed by atoms with Gasteiger partial charge < -0.3 is 5.32 Å². The highest BCUT2D eigenvalue weighted by Crippen LogP contribution is 2.32. The topological polar surface area (TPSA) is 78.4 Å². The van der Waals surface area contributed by atoms with E-state index in [0.29, 0.717) is 16.5 Å². The maximum absolute atomic E-state index is 13.6. The zero-order valence-corrected chi connectivity index (χ0v) is 23.3. The molecule has 1 fully saturated rings. The largest absolute Gasteiger partial charge is 0.359 e. The zero-order valence-electron chi connectivity index (χ0n) is 18.5. The number of amides is 2. The van der Waals surface area contributed by atoms with Crippen molar-refractivity contribution in [2.45, 2.75) is 0 Å². The first kappa shape index (κ1) is 24.7. The molecule has 1 saturated heterocycles. The third-order valence-corrected chi connectivity index (χ3v) is 7.84. The summed E-state index contributed by atoms with van der Waals surface area (Å²) in [5.41, 5.74) is 2.10. The summed E-state index contributed by atoms with van der Waals surface area (Å²) < 4.78 is 1.73. The van der Waals surface area contributed by atoms with E-state index in [-0.39, 0.29) is 11.7 Å². The second-order valence-corrected chi connectivity index (χ2v) is 11.0. The van der Waals surface area contributed by atoms with Crippen LogP contribution in [0, 0.1) is 5.92 Å². The molecule has 0 spiro atoms. The number of nitrogens with zero attached hydrogens (tertiary/aromatic N) is 4. The smallest absolute Gasteiger partial charge is 0.247 e. The van der Waals surface area contributed by atoms with E-state index in [4.69, 9.17) is 12.2 Å². The molecule has 0 radical (unpaired) electrons. The molecule has 11 heteroatoms. The number of anilines is 3. The summed E-state index contributed by atoms with van der Waals surface area (Å²) in [4.78, 5) is 30.0. The Balaban J connectivity index is 1.45. The lowest BCUT2D eigenvalue weighted by Crippen LogP contribution is -2.61. The van der Waals surface area contributed by atoms with Gasteiger partial charge in [0.05, 0.1) is 11.4 Å². The summed E-state index contributed by atoms with van der Waals surface area (Å²) in [6.45, 7) is 0.0454. The highest BCUT2D eigenvalue weighted by molar-refractivity contribution is 9.10. The van der Waals surface area contributed by atoms with Crippen molar-refractivity contribution < 1.29 is 9.59 Å². The van der Waals surface area contributed by atoms with Crippen LogP contribution in [0.4, 0.5) is 16.5 Å². The first-order valence-corrected chi connectivity index (χ1v) is 13.6. The van der Waals surface area contributed by atoms with Gasteiger partial charge in [0.2, 0.25) is 16.9 Å². The van der Waals surface area contributed by atoms with Gasteiger partial charge in [-0.1, -0.05) is 73.5 Å². The molecule has 2 amide bonds. The van der Waals surface area contributed by atoms with Gasteiger partial charge in [0.25, 0.3) is 0 Å². The molecule has 0 atom stereocenters. The Morgan fingerprint density at radius 2 is 1.33 bits per heavy atom. The quantitative estimate of drug-likeness (QED) is 0.202. The highest BCUT2D eigenvalue weighted by Gasteiger charge is 2.45. The van der Waals surface area contributed by atoms with Gasteiger partial charge in [-0.15, -0.1) is 10.2 Å². The molecule has 1 aliphatic heterocycles. The lowest BCUT2D eigenvalue weighted by Gasteiger charge is -2.39. The number of carbonyl (C=O) groups excluding carboxylic acids is 2. The molecule has 0 saturated carbocycles. The minimum absolute atomic E-state index is 0.0454. The van der Waals surface area contributed by atoms with E-state index in [1.165, 1.54) is 21.1 Å². The van der Waals surface area contributed by atoms with Crippen molar-refractivity contribution in [1.82, 2.24) is 10.2 Å². The second kappa shape index (κ2) is 10.6. The molecule has 0 bridgehead atoms. The predicted octanol–water partition coefficient (Wildman–Crippen LogP) is 6.12. The van der Waals surface area contributed by atoms with Crippen LogP contribution in [0.15, 0.2) is 87.8 Å². The van der Waals surface area contributed by atoms with Gasteiger partial charge in [-0.3, -0.25) is 19.4 Å². The first-order valence-electron chi connectivity index (χ1n) is 10.8. The van der Waals surface area contributed by atoms with E-state index >= 15 is 0 Å². The SMILES string of the molecule is O=C1C(CNc2nnc(-c3ccccc3)s2)C(=O)N(c2ccc(Br)cc2)C(=S)N1c1ccc(Br)cc1. The molecule has 4 aromatic rings. The van der Waals surface area contributed by atoms with Crippen molar-refractivity contribution in [3.05, 3.63) is 87.8 Å². The molecule has 36 heavy (non-hydrogen) atoms. The summed E-state index contributed by atoms with van der Waals surface area (Å²) in [7, 11) is 0. The molecule has 1 aliphatic rings. The molecular formula is C25H17Br2N5O2S2. The van der Waals surface area contributed by atoms with E-state index in [0.717, 1.165) is 19.5 Å². The van der Waals surface area contributed by atoms with Gasteiger partial charge in [0.15, 0.2) is 5.11 Å². The molecule has 1 N–H and O–H groups in total. The van der Waals surface area contributed by atoms with Crippen LogP contribution in [0.5, 0.6) is 0 Å². The predicted molar refractivity (Wildman–Crippen MR) is 153 cm³/mol. The Kier molecular flexibility index (Phi) is 7.24. The summed E-state index contributed by atoms with van der Waals surface area (Å²) in [6, 6.07) is 24.1. The third-order valence-electron chi connectivity index (χ3n) is 5.49. The van der Waals surface area contributed by atoms with Crippen molar-refractivity contribution in [3.63, 3.8) is 0 Å². The van der Waals surface area contributed by atoms with Crippen molar-refractivity contribution in [1.29, 1.82) is 0 Å². The fraction of sp³-hybridized carbons (Fsp3) is 0.0800. The molecular weight excluding hydrogens is 626 g/mol. The van der Waals surface area contributed by atoms with Gasteiger partial charge >= 0.3 is 0 Å². The Hall–Kier alpha value is -2.99. The van der Waals surface area contributed by atoms with Crippen LogP contribution in [0.3, 0.4) is 0 Å². The monoisotopic (exact) mass is 641 g/mol. The van der Waals surface area contributed by atoms with Crippen LogP contribution < -0.4 is 15.1 Å². The van der Waals surface area contributed by atoms with Gasteiger partial charge in [-0.25, -0.2) is 0 Å². The number of rotatable bonds is 6. The normalized spacial score (nSPS) is 14.4. The number of hydrogen-bond donors (Lipinski definition) is 1. The number of benzene rings is 3. The summed E-state index contributed by atoms with van der Waals surface area (Å²) in [5, 5.41) is 12.9. The summed E-state index contributed by atoms with van der Waals surface area (Å²) >= 11 is 13.9. The zero-order chi connectivity index (χ0) is 25.2. The number of aromatic nitrogens is 2. The maximum Gasteiger partial charge on any atom is 0.247 e. The molecule has 3 aromatic carbocycles. The van der Waals surface area contributed by atoms with Crippen LogP contribution >= 0.6 is 55.4 Å². The Bertz CT molecular complexity index is 1360. The Morgan fingerprint density at radius 3 is 1.86 bits per heavy atom. The minimum Gasteiger partial charge on any atom is -0.359 e. The van der Waals surface area contributed by atoms with Crippen LogP contribution in [-0.4, -0.2) is 33.7 Å². The molecule has 1 aromatic heterocycles. The lowest BCUT2D eigenvalue weighted by molar-refractivity contribution is -0.131. The fourth-order valence-corrected chi connectivity index (χ4v) is 5.39. The highest BCUT2D eigenvalue weighted by atomic mass is 79.9.